The smallest absolute Gasteiger partial charge is 0.224 e. The van der Waals surface area contributed by atoms with Crippen LogP contribution in [0.15, 0.2) is 0 Å². The number of hydrogen-bond donors (Lipinski definition) is 14. The van der Waals surface area contributed by atoms with Crippen LogP contribution in [0.1, 0.15) is 0 Å². The van der Waals surface area contributed by atoms with E-state index in [-0.39, 0.29) is 0 Å². The maximum atomic E-state index is 10.5. The Morgan fingerprint density at radius 3 is 1.27 bits per heavy atom. The summed E-state index contributed by atoms with van der Waals surface area (Å²) in [7, 11) is 0. The Hall–Kier alpha value is -0.840. The third kappa shape index (κ3) is 7.29. The molecule has 0 amide bonds. The first-order valence-corrected chi connectivity index (χ1v) is 14.1. The molecule has 0 radical (unpaired) electrons. The van der Waals surface area contributed by atoms with E-state index in [4.69, 9.17) is 33.2 Å². The average molecular weight is 667 g/mol. The van der Waals surface area contributed by atoms with Crippen molar-refractivity contribution in [2.45, 2.75) is 116 Å². The minimum absolute atomic E-state index is 0.650. The molecule has 4 aliphatic heterocycles. The largest absolute Gasteiger partial charge is 0.394 e. The van der Waals surface area contributed by atoms with Gasteiger partial charge in [-0.2, -0.15) is 0 Å². The Balaban J connectivity index is 1.39. The van der Waals surface area contributed by atoms with E-state index < -0.39 is 149 Å². The predicted molar refractivity (Wildman–Crippen MR) is 134 cm³/mol. The fraction of sp³-hybridized carbons (Fsp3) is 1.00. The Morgan fingerprint density at radius 2 is 0.844 bits per heavy atom. The lowest BCUT2D eigenvalue weighted by molar-refractivity contribution is -0.388. The molecule has 19 atom stereocenters. The van der Waals surface area contributed by atoms with Crippen LogP contribution in [0.25, 0.3) is 0 Å². The van der Waals surface area contributed by atoms with Crippen molar-refractivity contribution in [2.24, 2.45) is 0 Å². The zero-order valence-corrected chi connectivity index (χ0v) is 23.5. The van der Waals surface area contributed by atoms with Crippen LogP contribution in [0, 0.1) is 0 Å². The molecule has 264 valence electrons. The van der Waals surface area contributed by atoms with Crippen LogP contribution < -0.4 is 0 Å². The van der Waals surface area contributed by atoms with Gasteiger partial charge in [0.1, 0.15) is 98.2 Å². The third-order valence-corrected chi connectivity index (χ3v) is 8.26. The van der Waals surface area contributed by atoms with E-state index in [1.54, 1.807) is 0 Å². The Bertz CT molecular complexity index is 931. The van der Waals surface area contributed by atoms with Gasteiger partial charge in [0.2, 0.25) is 5.79 Å². The Kier molecular flexibility index (Phi) is 12.5. The molecule has 0 saturated carbocycles. The summed E-state index contributed by atoms with van der Waals surface area (Å²) in [4.78, 5) is 0. The SMILES string of the molecule is OC[C@H]1O[C@H](OC[C@H]2O[C@H](OC[C@H]3O[C@H](O[C@]4(CO)O[C@H](CO)[C@@H](O)[C@H]4O)[C@H](O)[C@@H](O)[C@@H]3O)[C@@H](O)[C@H](O)[C@H]2O)[C@H](O)[C@@H](O)[C@H]1O. The summed E-state index contributed by atoms with van der Waals surface area (Å²) >= 11 is 0. The molecular formula is C24H42O21. The minimum Gasteiger partial charge on any atom is -0.394 e. The lowest BCUT2D eigenvalue weighted by Gasteiger charge is -2.45. The van der Waals surface area contributed by atoms with Crippen molar-refractivity contribution in [3.8, 4) is 0 Å². The van der Waals surface area contributed by atoms with E-state index in [0.29, 0.717) is 0 Å². The van der Waals surface area contributed by atoms with Crippen molar-refractivity contribution >= 4 is 0 Å². The van der Waals surface area contributed by atoms with E-state index in [1.165, 1.54) is 0 Å². The predicted octanol–water partition coefficient (Wildman–Crippen LogP) is -9.75. The minimum atomic E-state index is -2.43. The molecule has 4 aliphatic rings. The molecule has 0 aromatic heterocycles. The molecule has 21 nitrogen and oxygen atoms in total. The normalized spacial score (nSPS) is 52.7. The van der Waals surface area contributed by atoms with Crippen LogP contribution >= 0.6 is 0 Å². The van der Waals surface area contributed by atoms with Gasteiger partial charge < -0.3 is 105 Å². The number of ether oxygens (including phenoxy) is 7. The highest BCUT2D eigenvalue weighted by Crippen LogP contribution is 2.36. The van der Waals surface area contributed by atoms with Gasteiger partial charge in [-0.1, -0.05) is 0 Å². The fourth-order valence-electron chi connectivity index (χ4n) is 5.39. The van der Waals surface area contributed by atoms with Gasteiger partial charge in [-0.15, -0.1) is 0 Å². The summed E-state index contributed by atoms with van der Waals surface area (Å²) in [6.45, 7) is -4.02. The van der Waals surface area contributed by atoms with Gasteiger partial charge in [0.05, 0.1) is 26.4 Å². The van der Waals surface area contributed by atoms with Crippen LogP contribution in [0.5, 0.6) is 0 Å². The zero-order chi connectivity index (χ0) is 33.4. The number of rotatable bonds is 11. The molecule has 4 fully saturated rings. The second-order valence-corrected chi connectivity index (χ2v) is 11.3. The maximum Gasteiger partial charge on any atom is 0.224 e. The van der Waals surface area contributed by atoms with Gasteiger partial charge in [0.25, 0.3) is 0 Å². The van der Waals surface area contributed by atoms with Crippen LogP contribution in [0.3, 0.4) is 0 Å². The van der Waals surface area contributed by atoms with Gasteiger partial charge in [0.15, 0.2) is 18.9 Å². The second kappa shape index (κ2) is 15.1. The van der Waals surface area contributed by atoms with Crippen LogP contribution in [0.2, 0.25) is 0 Å². The monoisotopic (exact) mass is 666 g/mol. The summed E-state index contributed by atoms with van der Waals surface area (Å²) in [6.07, 6.45) is -31.4. The molecule has 4 saturated heterocycles. The van der Waals surface area contributed by atoms with E-state index in [0.717, 1.165) is 0 Å². The van der Waals surface area contributed by atoms with Gasteiger partial charge in [0, 0.05) is 0 Å². The van der Waals surface area contributed by atoms with Crippen molar-refractivity contribution in [3.05, 3.63) is 0 Å². The molecule has 0 spiro atoms. The highest BCUT2D eigenvalue weighted by molar-refractivity contribution is 4.99. The standard InChI is InChI=1S/C24H42O21/c25-1-6-10(28)14(32)17(35)21(41-6)39-3-8-11(29)15(33)18(36)22(42-8)40-4-9-12(30)16(34)19(37)23(43-9)45-24(5-27)20(38)13(31)7(2-26)44-24/h6-23,25-38H,1-5H2/t6-,7-,8-,9-,10+,11+,12-,13-,14+,15-,16+,17-,18+,19-,20-,21+,22+,23-,24+/m1/s1. The van der Waals surface area contributed by atoms with Gasteiger partial charge in [-0.05, 0) is 0 Å². The van der Waals surface area contributed by atoms with Crippen molar-refractivity contribution in [3.63, 3.8) is 0 Å². The molecule has 45 heavy (non-hydrogen) atoms. The Morgan fingerprint density at radius 1 is 0.444 bits per heavy atom. The quantitative estimate of drug-likeness (QED) is 0.0973. The Labute approximate surface area is 254 Å². The topological polar surface area (TPSA) is 348 Å². The molecule has 14 N–H and O–H groups in total. The number of aliphatic hydroxyl groups excluding tert-OH is 14. The molecule has 21 heteroatoms. The molecule has 0 bridgehead atoms. The van der Waals surface area contributed by atoms with Crippen molar-refractivity contribution < 1.29 is 105 Å². The van der Waals surface area contributed by atoms with Crippen LogP contribution in [0.4, 0.5) is 0 Å². The molecule has 4 rings (SSSR count). The van der Waals surface area contributed by atoms with Gasteiger partial charge in [-0.3, -0.25) is 0 Å². The first-order chi connectivity index (χ1) is 21.2. The van der Waals surface area contributed by atoms with E-state index in [1.807, 2.05) is 0 Å². The van der Waals surface area contributed by atoms with E-state index in [2.05, 4.69) is 0 Å². The zero-order valence-electron chi connectivity index (χ0n) is 23.5. The third-order valence-electron chi connectivity index (χ3n) is 8.26. The van der Waals surface area contributed by atoms with Gasteiger partial charge in [-0.25, -0.2) is 0 Å². The first kappa shape index (κ1) is 37.0. The van der Waals surface area contributed by atoms with E-state index in [9.17, 15) is 71.5 Å². The number of aliphatic hydroxyl groups is 14. The molecule has 0 aromatic rings. The second-order valence-electron chi connectivity index (χ2n) is 11.3. The summed E-state index contributed by atoms with van der Waals surface area (Å²) in [5.74, 6) is -2.43. The van der Waals surface area contributed by atoms with Crippen molar-refractivity contribution in [1.29, 1.82) is 0 Å². The average Bonchev–Trinajstić information content (AvgIpc) is 3.28. The van der Waals surface area contributed by atoms with Crippen LogP contribution in [-0.4, -0.2) is 221 Å². The summed E-state index contributed by atoms with van der Waals surface area (Å²) < 4.78 is 37.6. The molecule has 0 aromatic carbocycles. The molecular weight excluding hydrogens is 624 g/mol. The fourth-order valence-corrected chi connectivity index (χ4v) is 5.39. The van der Waals surface area contributed by atoms with E-state index >= 15 is 0 Å². The summed E-state index contributed by atoms with van der Waals surface area (Å²) in [5.41, 5.74) is 0. The number of hydrogen-bond acceptors (Lipinski definition) is 21. The van der Waals surface area contributed by atoms with Crippen molar-refractivity contribution in [1.82, 2.24) is 0 Å². The van der Waals surface area contributed by atoms with Gasteiger partial charge >= 0.3 is 0 Å². The first-order valence-electron chi connectivity index (χ1n) is 14.1. The lowest BCUT2D eigenvalue weighted by Crippen LogP contribution is -2.64. The lowest BCUT2D eigenvalue weighted by atomic mass is 9.98. The maximum absolute atomic E-state index is 10.5. The summed E-state index contributed by atoms with van der Waals surface area (Å²) in [6, 6.07) is 0. The highest BCUT2D eigenvalue weighted by atomic mass is 16.8. The molecule has 0 aliphatic carbocycles. The van der Waals surface area contributed by atoms with Crippen LogP contribution in [-0.2, 0) is 33.2 Å². The summed E-state index contributed by atoms with van der Waals surface area (Å²) in [5, 5.41) is 141. The molecule has 4 heterocycles. The van der Waals surface area contributed by atoms with Crippen molar-refractivity contribution in [2.75, 3.05) is 33.0 Å². The highest BCUT2D eigenvalue weighted by Gasteiger charge is 2.58. The molecule has 0 unspecified atom stereocenters.